The number of hydrogen-bond donors (Lipinski definition) is 2. The molecule has 0 atom stereocenters. The predicted octanol–water partition coefficient (Wildman–Crippen LogP) is 4.88. The molecule has 0 spiro atoms. The number of rotatable bonds is 8. The molecule has 36 heavy (non-hydrogen) atoms. The van der Waals surface area contributed by atoms with Crippen LogP contribution >= 0.6 is 11.8 Å². The molecule has 2 aliphatic rings. The second kappa shape index (κ2) is 10.3. The molecule has 184 valence electrons. The molecule has 0 bridgehead atoms. The minimum absolute atomic E-state index is 0.0371. The minimum Gasteiger partial charge on any atom is -0.378 e. The Morgan fingerprint density at radius 3 is 2.50 bits per heavy atom. The highest BCUT2D eigenvalue weighted by atomic mass is 32.2. The number of pyridine rings is 1. The zero-order chi connectivity index (χ0) is 24.2. The fraction of sp³-hybridized carbons (Fsp3) is 0.333. The molecule has 1 aromatic carbocycles. The van der Waals surface area contributed by atoms with Crippen LogP contribution in [0.15, 0.2) is 72.1 Å². The third kappa shape index (κ3) is 4.94. The first-order chi connectivity index (χ1) is 17.8. The van der Waals surface area contributed by atoms with E-state index in [0.717, 1.165) is 73.6 Å². The van der Waals surface area contributed by atoms with Gasteiger partial charge in [0.15, 0.2) is 5.82 Å². The molecule has 1 saturated carbocycles. The van der Waals surface area contributed by atoms with Crippen molar-refractivity contribution in [3.05, 3.63) is 78.8 Å². The number of nitrogens with zero attached hydrogens (tertiary/aromatic N) is 5. The Bertz CT molecular complexity index is 1270. The second-order valence-corrected chi connectivity index (χ2v) is 10.6. The van der Waals surface area contributed by atoms with Crippen molar-refractivity contribution in [3.63, 3.8) is 0 Å². The van der Waals surface area contributed by atoms with Crippen LogP contribution in [0.2, 0.25) is 0 Å². The van der Waals surface area contributed by atoms with E-state index in [0.29, 0.717) is 6.54 Å². The third-order valence-corrected chi connectivity index (χ3v) is 8.31. The lowest BCUT2D eigenvalue weighted by Crippen LogP contribution is -2.38. The Balaban J connectivity index is 1.31. The van der Waals surface area contributed by atoms with Gasteiger partial charge in [0.25, 0.3) is 0 Å². The van der Waals surface area contributed by atoms with Gasteiger partial charge in [-0.3, -0.25) is 4.98 Å². The van der Waals surface area contributed by atoms with E-state index in [2.05, 4.69) is 67.6 Å². The normalized spacial score (nSPS) is 16.9. The van der Waals surface area contributed by atoms with E-state index in [-0.39, 0.29) is 4.75 Å². The molecule has 2 fully saturated rings. The number of H-pyrrole nitrogens is 1. The average Bonchev–Trinajstić information content (AvgIpc) is 3.45. The van der Waals surface area contributed by atoms with Crippen LogP contribution in [0.3, 0.4) is 0 Å². The number of hydrogen-bond acceptors (Lipinski definition) is 8. The lowest BCUT2D eigenvalue weighted by Gasteiger charge is -2.41. The Hall–Kier alpha value is -3.43. The Labute approximate surface area is 215 Å². The van der Waals surface area contributed by atoms with Crippen LogP contribution in [0.25, 0.3) is 11.4 Å². The molecule has 0 amide bonds. The van der Waals surface area contributed by atoms with Crippen molar-refractivity contribution in [2.45, 2.75) is 35.4 Å². The van der Waals surface area contributed by atoms with Crippen molar-refractivity contribution >= 4 is 23.3 Å². The number of benzene rings is 1. The summed E-state index contributed by atoms with van der Waals surface area (Å²) in [6.07, 6.45) is 10.7. The summed E-state index contributed by atoms with van der Waals surface area (Å²) >= 11 is 1.91. The van der Waals surface area contributed by atoms with Crippen molar-refractivity contribution in [2.75, 3.05) is 36.5 Å². The van der Waals surface area contributed by atoms with Crippen LogP contribution in [0, 0.1) is 0 Å². The van der Waals surface area contributed by atoms with Gasteiger partial charge in [-0.25, -0.2) is 15.0 Å². The number of thioether (sulfide) groups is 1. The summed E-state index contributed by atoms with van der Waals surface area (Å²) in [4.78, 5) is 25.3. The minimum atomic E-state index is -0.0371. The van der Waals surface area contributed by atoms with Crippen molar-refractivity contribution in [1.29, 1.82) is 0 Å². The first-order valence-corrected chi connectivity index (χ1v) is 13.2. The first-order valence-electron chi connectivity index (χ1n) is 12.4. The largest absolute Gasteiger partial charge is 0.378 e. The number of morpholine rings is 1. The van der Waals surface area contributed by atoms with Gasteiger partial charge in [-0.15, -0.1) is 11.8 Å². The zero-order valence-corrected chi connectivity index (χ0v) is 20.9. The molecule has 1 saturated heterocycles. The van der Waals surface area contributed by atoms with Gasteiger partial charge in [0.2, 0.25) is 0 Å². The quantitative estimate of drug-likeness (QED) is 0.354. The summed E-state index contributed by atoms with van der Waals surface area (Å²) in [7, 11) is 0. The van der Waals surface area contributed by atoms with E-state index >= 15 is 0 Å². The zero-order valence-electron chi connectivity index (χ0n) is 20.1. The molecule has 0 radical (unpaired) electrons. The fourth-order valence-electron chi connectivity index (χ4n) is 4.61. The Morgan fingerprint density at radius 1 is 1.00 bits per heavy atom. The van der Waals surface area contributed by atoms with E-state index in [1.54, 1.807) is 6.20 Å². The van der Waals surface area contributed by atoms with Gasteiger partial charge in [-0.2, -0.15) is 0 Å². The van der Waals surface area contributed by atoms with Crippen molar-refractivity contribution in [2.24, 2.45) is 0 Å². The molecular formula is C27H29N7OS. The SMILES string of the molecule is c1cc(SC2(c3cc(N4CCOCC4)nc(-c4ccc(NCc5ncc[nH]5)cc4)n3)CCC2)ccn1. The maximum Gasteiger partial charge on any atom is 0.161 e. The molecule has 2 N–H and O–H groups in total. The number of nitrogens with one attached hydrogen (secondary N) is 2. The van der Waals surface area contributed by atoms with Gasteiger partial charge < -0.3 is 19.9 Å². The molecule has 1 aliphatic carbocycles. The molecule has 1 aliphatic heterocycles. The number of ether oxygens (including phenoxy) is 1. The number of imidazole rings is 1. The van der Waals surface area contributed by atoms with Gasteiger partial charge >= 0.3 is 0 Å². The standard InChI is InChI=1S/C27H29N7OS/c1-8-27(9-1,36-22-6-10-28-11-7-22)23-18-25(34-14-16-35-17-15-34)33-26(32-23)20-2-4-21(5-3-20)31-19-24-29-12-13-30-24/h2-7,10-13,18,31H,1,8-9,14-17,19H2,(H,29,30). The Kier molecular flexibility index (Phi) is 6.57. The lowest BCUT2D eigenvalue weighted by atomic mass is 9.81. The van der Waals surface area contributed by atoms with Crippen LogP contribution < -0.4 is 10.2 Å². The summed E-state index contributed by atoms with van der Waals surface area (Å²) in [5.74, 6) is 2.66. The van der Waals surface area contributed by atoms with E-state index in [4.69, 9.17) is 14.7 Å². The van der Waals surface area contributed by atoms with Gasteiger partial charge in [0, 0.05) is 60.1 Å². The smallest absolute Gasteiger partial charge is 0.161 e. The van der Waals surface area contributed by atoms with Gasteiger partial charge in [0.05, 0.1) is 30.2 Å². The van der Waals surface area contributed by atoms with E-state index in [1.165, 1.54) is 11.3 Å². The summed E-state index contributed by atoms with van der Waals surface area (Å²) < 4.78 is 5.56. The Morgan fingerprint density at radius 2 is 1.81 bits per heavy atom. The van der Waals surface area contributed by atoms with Crippen LogP contribution in [-0.4, -0.2) is 51.2 Å². The van der Waals surface area contributed by atoms with Crippen molar-refractivity contribution in [1.82, 2.24) is 24.9 Å². The summed E-state index contributed by atoms with van der Waals surface area (Å²) in [6.45, 7) is 3.78. The molecule has 6 rings (SSSR count). The van der Waals surface area contributed by atoms with Gasteiger partial charge in [0.1, 0.15) is 11.6 Å². The van der Waals surface area contributed by atoms with E-state index < -0.39 is 0 Å². The van der Waals surface area contributed by atoms with Crippen LogP contribution in [-0.2, 0) is 16.0 Å². The number of anilines is 2. The predicted molar refractivity (Wildman–Crippen MR) is 142 cm³/mol. The molecule has 3 aromatic heterocycles. The maximum absolute atomic E-state index is 5.60. The van der Waals surface area contributed by atoms with Crippen LogP contribution in [0.4, 0.5) is 11.5 Å². The van der Waals surface area contributed by atoms with Gasteiger partial charge in [-0.05, 0) is 55.7 Å². The summed E-state index contributed by atoms with van der Waals surface area (Å²) in [6, 6.07) is 14.7. The van der Waals surface area contributed by atoms with E-state index in [1.807, 2.05) is 30.4 Å². The topological polar surface area (TPSA) is 91.8 Å². The van der Waals surface area contributed by atoms with E-state index in [9.17, 15) is 0 Å². The highest BCUT2D eigenvalue weighted by Crippen LogP contribution is 2.55. The summed E-state index contributed by atoms with van der Waals surface area (Å²) in [5, 5.41) is 3.40. The molecule has 0 unspecified atom stereocenters. The molecule has 4 aromatic rings. The molecule has 8 nitrogen and oxygen atoms in total. The first kappa shape index (κ1) is 23.0. The monoisotopic (exact) mass is 499 g/mol. The van der Waals surface area contributed by atoms with Crippen LogP contribution in [0.1, 0.15) is 30.8 Å². The average molecular weight is 500 g/mol. The molecule has 9 heteroatoms. The van der Waals surface area contributed by atoms with Crippen LogP contribution in [0.5, 0.6) is 0 Å². The number of aromatic nitrogens is 5. The van der Waals surface area contributed by atoms with Gasteiger partial charge in [-0.1, -0.05) is 0 Å². The highest BCUT2D eigenvalue weighted by Gasteiger charge is 2.42. The molecule has 4 heterocycles. The second-order valence-electron chi connectivity index (χ2n) is 9.13. The lowest BCUT2D eigenvalue weighted by molar-refractivity contribution is 0.122. The van der Waals surface area contributed by atoms with Crippen molar-refractivity contribution in [3.8, 4) is 11.4 Å². The van der Waals surface area contributed by atoms with Crippen molar-refractivity contribution < 1.29 is 4.74 Å². The number of aromatic amines is 1. The summed E-state index contributed by atoms with van der Waals surface area (Å²) in [5.41, 5.74) is 3.16. The molecular weight excluding hydrogens is 470 g/mol. The highest BCUT2D eigenvalue weighted by molar-refractivity contribution is 8.00. The third-order valence-electron chi connectivity index (χ3n) is 6.80. The fourth-order valence-corrected chi connectivity index (χ4v) is 6.02. The maximum atomic E-state index is 5.60.